The standard InChI is InChI=1S/C13H24N6O/c1-10-12(16-11(2)17-13(10)18-14)15-4-3-5-19-6-8-20-9-7-19/h3-9,14H2,1-2H3,(H2,15,16,17,18). The molecule has 0 amide bonds. The molecule has 2 rings (SSSR count). The number of hydrazine groups is 1. The number of aryl methyl sites for hydroxylation is 1. The smallest absolute Gasteiger partial charge is 0.148 e. The van der Waals surface area contributed by atoms with Gasteiger partial charge >= 0.3 is 0 Å². The molecular weight excluding hydrogens is 256 g/mol. The van der Waals surface area contributed by atoms with Gasteiger partial charge in [0.05, 0.1) is 13.2 Å². The van der Waals surface area contributed by atoms with Gasteiger partial charge in [-0.25, -0.2) is 15.8 Å². The summed E-state index contributed by atoms with van der Waals surface area (Å²) in [6.45, 7) is 9.56. The van der Waals surface area contributed by atoms with Crippen molar-refractivity contribution in [3.63, 3.8) is 0 Å². The summed E-state index contributed by atoms with van der Waals surface area (Å²) in [5.74, 6) is 7.69. The van der Waals surface area contributed by atoms with Crippen LogP contribution in [0, 0.1) is 13.8 Å². The van der Waals surface area contributed by atoms with E-state index in [0.717, 1.165) is 57.2 Å². The van der Waals surface area contributed by atoms with Crippen molar-refractivity contribution >= 4 is 11.6 Å². The van der Waals surface area contributed by atoms with Crippen molar-refractivity contribution in [3.05, 3.63) is 11.4 Å². The molecule has 112 valence electrons. The van der Waals surface area contributed by atoms with Gasteiger partial charge in [-0.1, -0.05) is 0 Å². The second kappa shape index (κ2) is 7.37. The second-order valence-corrected chi connectivity index (χ2v) is 4.97. The van der Waals surface area contributed by atoms with E-state index in [1.165, 1.54) is 0 Å². The molecule has 0 spiro atoms. The lowest BCUT2D eigenvalue weighted by Gasteiger charge is -2.26. The van der Waals surface area contributed by atoms with E-state index in [1.54, 1.807) is 0 Å². The van der Waals surface area contributed by atoms with E-state index in [2.05, 4.69) is 25.6 Å². The Morgan fingerprint density at radius 3 is 2.60 bits per heavy atom. The van der Waals surface area contributed by atoms with Crippen molar-refractivity contribution in [3.8, 4) is 0 Å². The highest BCUT2D eigenvalue weighted by atomic mass is 16.5. The van der Waals surface area contributed by atoms with Crippen molar-refractivity contribution < 1.29 is 4.74 Å². The molecule has 1 aliphatic heterocycles. The Labute approximate surface area is 119 Å². The second-order valence-electron chi connectivity index (χ2n) is 4.97. The summed E-state index contributed by atoms with van der Waals surface area (Å²) < 4.78 is 5.34. The van der Waals surface area contributed by atoms with Gasteiger partial charge in [0.2, 0.25) is 0 Å². The quantitative estimate of drug-likeness (QED) is 0.397. The minimum absolute atomic E-state index is 0.674. The third-order valence-corrected chi connectivity index (χ3v) is 3.44. The van der Waals surface area contributed by atoms with Crippen LogP contribution in [0.5, 0.6) is 0 Å². The Morgan fingerprint density at radius 2 is 1.90 bits per heavy atom. The number of nitrogen functional groups attached to an aromatic ring is 1. The highest BCUT2D eigenvalue weighted by Crippen LogP contribution is 2.18. The molecule has 1 saturated heterocycles. The van der Waals surface area contributed by atoms with E-state index in [1.807, 2.05) is 13.8 Å². The molecule has 4 N–H and O–H groups in total. The first-order valence-corrected chi connectivity index (χ1v) is 7.06. The average molecular weight is 280 g/mol. The van der Waals surface area contributed by atoms with Crippen molar-refractivity contribution in [1.82, 2.24) is 14.9 Å². The topological polar surface area (TPSA) is 88.3 Å². The molecule has 1 fully saturated rings. The summed E-state index contributed by atoms with van der Waals surface area (Å²) in [7, 11) is 0. The summed E-state index contributed by atoms with van der Waals surface area (Å²) in [6, 6.07) is 0. The number of aromatic nitrogens is 2. The third-order valence-electron chi connectivity index (χ3n) is 3.44. The molecule has 2 heterocycles. The molecule has 0 radical (unpaired) electrons. The minimum Gasteiger partial charge on any atom is -0.379 e. The molecule has 7 nitrogen and oxygen atoms in total. The van der Waals surface area contributed by atoms with Crippen LogP contribution in [-0.2, 0) is 4.74 Å². The number of hydrogen-bond acceptors (Lipinski definition) is 7. The number of ether oxygens (including phenoxy) is 1. The van der Waals surface area contributed by atoms with E-state index in [0.29, 0.717) is 11.6 Å². The maximum atomic E-state index is 5.45. The first kappa shape index (κ1) is 15.0. The maximum absolute atomic E-state index is 5.45. The molecular formula is C13H24N6O. The van der Waals surface area contributed by atoms with Crippen LogP contribution in [0.4, 0.5) is 11.6 Å². The fourth-order valence-electron chi connectivity index (χ4n) is 2.28. The van der Waals surface area contributed by atoms with Crippen LogP contribution in [0.3, 0.4) is 0 Å². The lowest BCUT2D eigenvalue weighted by atomic mass is 10.3. The van der Waals surface area contributed by atoms with Crippen LogP contribution in [0.25, 0.3) is 0 Å². The zero-order chi connectivity index (χ0) is 14.4. The lowest BCUT2D eigenvalue weighted by Crippen LogP contribution is -2.37. The summed E-state index contributed by atoms with van der Waals surface area (Å²) in [6.07, 6.45) is 1.08. The van der Waals surface area contributed by atoms with Gasteiger partial charge in [0.25, 0.3) is 0 Å². The van der Waals surface area contributed by atoms with Crippen LogP contribution >= 0.6 is 0 Å². The van der Waals surface area contributed by atoms with Crippen molar-refractivity contribution in [2.24, 2.45) is 5.84 Å². The Hall–Kier alpha value is -1.44. The molecule has 0 aliphatic carbocycles. The normalized spacial score (nSPS) is 16.1. The van der Waals surface area contributed by atoms with E-state index in [-0.39, 0.29) is 0 Å². The van der Waals surface area contributed by atoms with Crippen molar-refractivity contribution in [2.45, 2.75) is 20.3 Å². The fourth-order valence-corrected chi connectivity index (χ4v) is 2.28. The number of anilines is 2. The Kier molecular flexibility index (Phi) is 5.51. The molecule has 0 aromatic carbocycles. The molecule has 7 heteroatoms. The van der Waals surface area contributed by atoms with E-state index in [9.17, 15) is 0 Å². The van der Waals surface area contributed by atoms with Gasteiger partial charge in [-0.15, -0.1) is 0 Å². The predicted octanol–water partition coefficient (Wildman–Crippen LogP) is 0.513. The largest absolute Gasteiger partial charge is 0.379 e. The summed E-state index contributed by atoms with van der Waals surface area (Å²) in [5, 5.41) is 3.36. The molecule has 1 aromatic heterocycles. The highest BCUT2D eigenvalue weighted by molar-refractivity contribution is 5.56. The van der Waals surface area contributed by atoms with Crippen molar-refractivity contribution in [2.75, 3.05) is 50.1 Å². The summed E-state index contributed by atoms with van der Waals surface area (Å²) >= 11 is 0. The van der Waals surface area contributed by atoms with Gasteiger partial charge in [0.1, 0.15) is 17.5 Å². The molecule has 0 unspecified atom stereocenters. The van der Waals surface area contributed by atoms with Gasteiger partial charge in [-0.2, -0.15) is 0 Å². The molecule has 0 atom stereocenters. The number of hydrogen-bond donors (Lipinski definition) is 3. The lowest BCUT2D eigenvalue weighted by molar-refractivity contribution is 0.0378. The predicted molar refractivity (Wildman–Crippen MR) is 79.7 cm³/mol. The first-order valence-electron chi connectivity index (χ1n) is 7.06. The van der Waals surface area contributed by atoms with Crippen LogP contribution in [-0.4, -0.2) is 54.3 Å². The van der Waals surface area contributed by atoms with Gasteiger partial charge in [-0.05, 0) is 26.8 Å². The first-order chi connectivity index (χ1) is 9.70. The average Bonchev–Trinajstić information content (AvgIpc) is 2.47. The van der Waals surface area contributed by atoms with Crippen LogP contribution in [0.15, 0.2) is 0 Å². The Balaban J connectivity index is 1.80. The van der Waals surface area contributed by atoms with Gasteiger partial charge in [0.15, 0.2) is 0 Å². The number of nitrogens with zero attached hydrogens (tertiary/aromatic N) is 3. The number of nitrogens with two attached hydrogens (primary N) is 1. The SMILES string of the molecule is Cc1nc(NN)c(C)c(NCCCN2CCOCC2)n1. The molecule has 1 aromatic rings. The zero-order valence-electron chi connectivity index (χ0n) is 12.3. The van der Waals surface area contributed by atoms with Crippen LogP contribution in [0.2, 0.25) is 0 Å². The number of nitrogens with one attached hydrogen (secondary N) is 2. The monoisotopic (exact) mass is 280 g/mol. The molecule has 0 saturated carbocycles. The number of rotatable bonds is 6. The number of morpholine rings is 1. The zero-order valence-corrected chi connectivity index (χ0v) is 12.3. The molecule has 0 bridgehead atoms. The minimum atomic E-state index is 0.674. The fraction of sp³-hybridized carbons (Fsp3) is 0.692. The van der Waals surface area contributed by atoms with Crippen LogP contribution in [0.1, 0.15) is 17.8 Å². The van der Waals surface area contributed by atoms with Gasteiger partial charge in [0, 0.05) is 25.2 Å². The molecule has 1 aliphatic rings. The van der Waals surface area contributed by atoms with Gasteiger partial charge in [-0.3, -0.25) is 4.90 Å². The van der Waals surface area contributed by atoms with E-state index in [4.69, 9.17) is 10.6 Å². The Bertz CT molecular complexity index is 433. The van der Waals surface area contributed by atoms with E-state index >= 15 is 0 Å². The highest BCUT2D eigenvalue weighted by Gasteiger charge is 2.10. The van der Waals surface area contributed by atoms with E-state index < -0.39 is 0 Å². The van der Waals surface area contributed by atoms with Crippen molar-refractivity contribution in [1.29, 1.82) is 0 Å². The molecule has 20 heavy (non-hydrogen) atoms. The summed E-state index contributed by atoms with van der Waals surface area (Å²) in [4.78, 5) is 11.1. The maximum Gasteiger partial charge on any atom is 0.148 e. The Morgan fingerprint density at radius 1 is 1.20 bits per heavy atom. The third kappa shape index (κ3) is 4.03. The summed E-state index contributed by atoms with van der Waals surface area (Å²) in [5.41, 5.74) is 3.55. The van der Waals surface area contributed by atoms with Gasteiger partial charge < -0.3 is 15.5 Å². The van der Waals surface area contributed by atoms with Crippen LogP contribution < -0.4 is 16.6 Å².